The summed E-state index contributed by atoms with van der Waals surface area (Å²) >= 11 is 1.45. The lowest BCUT2D eigenvalue weighted by Gasteiger charge is -2.11. The van der Waals surface area contributed by atoms with Gasteiger partial charge in [-0.3, -0.25) is 4.79 Å². The molecule has 0 unspecified atom stereocenters. The van der Waals surface area contributed by atoms with Crippen molar-refractivity contribution in [3.05, 3.63) is 41.8 Å². The van der Waals surface area contributed by atoms with Crippen LogP contribution >= 0.6 is 11.3 Å². The molecule has 3 aromatic rings. The summed E-state index contributed by atoms with van der Waals surface area (Å²) in [5.74, 6) is -0.193. The number of ether oxygens (including phenoxy) is 1. The van der Waals surface area contributed by atoms with Gasteiger partial charge in [0.25, 0.3) is 0 Å². The number of carbonyl (C=O) groups is 1. The Balaban J connectivity index is 1.66. The number of alkyl halides is 2. The van der Waals surface area contributed by atoms with Gasteiger partial charge in [0.2, 0.25) is 11.7 Å². The smallest absolute Gasteiger partial charge is 0.387 e. The average molecular weight is 351 g/mol. The molecule has 1 aromatic carbocycles. The lowest BCUT2D eigenvalue weighted by Crippen LogP contribution is -2.21. The second kappa shape index (κ2) is 7.13. The fourth-order valence-electron chi connectivity index (χ4n) is 1.90. The van der Waals surface area contributed by atoms with E-state index < -0.39 is 12.5 Å². The van der Waals surface area contributed by atoms with E-state index in [9.17, 15) is 13.6 Å². The quantitative estimate of drug-likeness (QED) is 0.738. The highest BCUT2D eigenvalue weighted by Gasteiger charge is 2.13. The van der Waals surface area contributed by atoms with Gasteiger partial charge in [0.05, 0.1) is 10.6 Å². The van der Waals surface area contributed by atoms with Crippen LogP contribution in [0.3, 0.4) is 0 Å². The fourth-order valence-corrected chi connectivity index (χ4v) is 2.55. The minimum absolute atomic E-state index is 0.119. The number of nitrogens with one attached hydrogen (secondary N) is 1. The van der Waals surface area contributed by atoms with E-state index in [0.29, 0.717) is 5.82 Å². The first-order chi connectivity index (χ1) is 11.6. The highest BCUT2D eigenvalue weighted by Crippen LogP contribution is 2.25. The molecule has 0 radical (unpaired) electrons. The zero-order valence-electron chi connectivity index (χ0n) is 12.1. The van der Waals surface area contributed by atoms with Crippen LogP contribution in [0.25, 0.3) is 10.7 Å². The summed E-state index contributed by atoms with van der Waals surface area (Å²) in [6, 6.07) is 9.61. The molecule has 0 atom stereocenters. The summed E-state index contributed by atoms with van der Waals surface area (Å²) in [6.07, 6.45) is 0. The van der Waals surface area contributed by atoms with E-state index in [4.69, 9.17) is 0 Å². The maximum atomic E-state index is 12.4. The molecule has 0 aliphatic heterocycles. The number of amides is 1. The molecule has 0 fully saturated rings. The van der Waals surface area contributed by atoms with E-state index in [1.165, 1.54) is 29.5 Å². The molecule has 1 amide bonds. The van der Waals surface area contributed by atoms with Gasteiger partial charge in [0.1, 0.15) is 12.3 Å². The number of rotatable bonds is 6. The Hall–Kier alpha value is -2.88. The van der Waals surface area contributed by atoms with Crippen molar-refractivity contribution in [1.82, 2.24) is 20.2 Å². The van der Waals surface area contributed by atoms with E-state index in [-0.39, 0.29) is 18.0 Å². The van der Waals surface area contributed by atoms with Crippen LogP contribution in [0, 0.1) is 0 Å². The van der Waals surface area contributed by atoms with Crippen molar-refractivity contribution >= 4 is 22.9 Å². The summed E-state index contributed by atoms with van der Waals surface area (Å²) in [4.78, 5) is 14.0. The second-order valence-corrected chi connectivity index (χ2v) is 5.49. The summed E-state index contributed by atoms with van der Waals surface area (Å²) in [6.45, 7) is -3.19. The van der Waals surface area contributed by atoms with Gasteiger partial charge < -0.3 is 10.1 Å². The van der Waals surface area contributed by atoms with Gasteiger partial charge in [-0.2, -0.15) is 13.6 Å². The first-order valence-electron chi connectivity index (χ1n) is 6.77. The maximum absolute atomic E-state index is 12.4. The van der Waals surface area contributed by atoms with Gasteiger partial charge in [0.15, 0.2) is 0 Å². The van der Waals surface area contributed by atoms with E-state index in [1.54, 1.807) is 6.07 Å². The molecule has 24 heavy (non-hydrogen) atoms. The lowest BCUT2D eigenvalue weighted by molar-refractivity contribution is -0.117. The van der Waals surface area contributed by atoms with Crippen LogP contribution in [0.15, 0.2) is 41.8 Å². The topological polar surface area (TPSA) is 81.9 Å². The van der Waals surface area contributed by atoms with Crippen molar-refractivity contribution in [2.45, 2.75) is 13.2 Å². The van der Waals surface area contributed by atoms with Gasteiger partial charge in [-0.1, -0.05) is 18.2 Å². The molecule has 1 N–H and O–H groups in total. The summed E-state index contributed by atoms with van der Waals surface area (Å²) in [7, 11) is 0. The Morgan fingerprint density at radius 1 is 1.29 bits per heavy atom. The predicted molar refractivity (Wildman–Crippen MR) is 82.8 cm³/mol. The van der Waals surface area contributed by atoms with Crippen LogP contribution in [-0.2, 0) is 11.3 Å². The number of carbonyl (C=O) groups excluding carboxylic acids is 1. The third-order valence-corrected chi connectivity index (χ3v) is 3.72. The molecule has 3 rings (SSSR count). The van der Waals surface area contributed by atoms with Gasteiger partial charge in [-0.05, 0) is 28.8 Å². The van der Waals surface area contributed by atoms with Crippen LogP contribution in [0.5, 0.6) is 5.75 Å². The standard InChI is InChI=1S/C14H11F2N5O2S/c15-14(16)23-10-5-2-1-4-9(10)17-12(22)8-21-19-13(18-20-21)11-6-3-7-24-11/h1-7,14H,8H2,(H,17,22). The van der Waals surface area contributed by atoms with E-state index in [2.05, 4.69) is 25.5 Å². The highest BCUT2D eigenvalue weighted by atomic mass is 32.1. The van der Waals surface area contributed by atoms with Gasteiger partial charge in [-0.15, -0.1) is 21.5 Å². The van der Waals surface area contributed by atoms with Crippen molar-refractivity contribution in [2.75, 3.05) is 5.32 Å². The molecule has 2 aromatic heterocycles. The van der Waals surface area contributed by atoms with E-state index in [0.717, 1.165) is 9.67 Å². The Labute approximate surface area is 138 Å². The summed E-state index contributed by atoms with van der Waals surface area (Å²) in [5, 5.41) is 16.1. The normalized spacial score (nSPS) is 10.8. The van der Waals surface area contributed by atoms with Crippen LogP contribution in [-0.4, -0.2) is 32.7 Å². The molecular formula is C14H11F2N5O2S. The third kappa shape index (κ3) is 3.90. The van der Waals surface area contributed by atoms with Crippen molar-refractivity contribution in [1.29, 1.82) is 0 Å². The van der Waals surface area contributed by atoms with Crippen LogP contribution in [0.2, 0.25) is 0 Å². The Morgan fingerprint density at radius 2 is 2.12 bits per heavy atom. The summed E-state index contributed by atoms with van der Waals surface area (Å²) in [5.41, 5.74) is 0.140. The van der Waals surface area contributed by atoms with Crippen molar-refractivity contribution in [3.63, 3.8) is 0 Å². The minimum Gasteiger partial charge on any atom is -0.433 e. The zero-order valence-corrected chi connectivity index (χ0v) is 12.9. The number of tetrazole rings is 1. The second-order valence-electron chi connectivity index (χ2n) is 4.54. The fraction of sp³-hybridized carbons (Fsp3) is 0.143. The third-order valence-electron chi connectivity index (χ3n) is 2.86. The SMILES string of the molecule is O=C(Cn1nnc(-c2cccs2)n1)Nc1ccccc1OC(F)F. The number of nitrogens with zero attached hydrogens (tertiary/aromatic N) is 4. The molecule has 10 heteroatoms. The molecule has 0 spiro atoms. The number of hydrogen-bond acceptors (Lipinski definition) is 6. The number of halogens is 2. The predicted octanol–water partition coefficient (Wildman–Crippen LogP) is 2.64. The molecule has 0 saturated heterocycles. The van der Waals surface area contributed by atoms with Gasteiger partial charge >= 0.3 is 6.61 Å². The number of aromatic nitrogens is 4. The van der Waals surface area contributed by atoms with Crippen molar-refractivity contribution in [2.24, 2.45) is 0 Å². The van der Waals surface area contributed by atoms with E-state index in [1.807, 2.05) is 17.5 Å². The largest absolute Gasteiger partial charge is 0.433 e. The number of benzene rings is 1. The molecule has 0 saturated carbocycles. The summed E-state index contributed by atoms with van der Waals surface area (Å²) < 4.78 is 29.1. The van der Waals surface area contributed by atoms with E-state index >= 15 is 0 Å². The molecular weight excluding hydrogens is 340 g/mol. The Morgan fingerprint density at radius 3 is 2.88 bits per heavy atom. The molecule has 124 valence electrons. The number of para-hydroxylation sites is 2. The lowest BCUT2D eigenvalue weighted by atomic mass is 10.3. The van der Waals surface area contributed by atoms with Crippen molar-refractivity contribution in [3.8, 4) is 16.5 Å². The first-order valence-corrected chi connectivity index (χ1v) is 7.65. The Bertz CT molecular complexity index is 822. The first kappa shape index (κ1) is 16.0. The van der Waals surface area contributed by atoms with Crippen LogP contribution < -0.4 is 10.1 Å². The van der Waals surface area contributed by atoms with Gasteiger partial charge in [-0.25, -0.2) is 0 Å². The Kier molecular flexibility index (Phi) is 4.75. The number of thiophene rings is 1. The number of hydrogen-bond donors (Lipinski definition) is 1. The maximum Gasteiger partial charge on any atom is 0.387 e. The number of anilines is 1. The molecule has 7 nitrogen and oxygen atoms in total. The molecule has 2 heterocycles. The minimum atomic E-state index is -2.98. The van der Waals surface area contributed by atoms with Crippen LogP contribution in [0.4, 0.5) is 14.5 Å². The van der Waals surface area contributed by atoms with Crippen LogP contribution in [0.1, 0.15) is 0 Å². The highest BCUT2D eigenvalue weighted by molar-refractivity contribution is 7.13. The monoisotopic (exact) mass is 351 g/mol. The average Bonchev–Trinajstić information content (AvgIpc) is 3.19. The van der Waals surface area contributed by atoms with Crippen molar-refractivity contribution < 1.29 is 18.3 Å². The van der Waals surface area contributed by atoms with Gasteiger partial charge in [0, 0.05) is 0 Å². The zero-order chi connectivity index (χ0) is 16.9. The molecule has 0 aliphatic carbocycles. The molecule has 0 aliphatic rings. The molecule has 0 bridgehead atoms.